The Morgan fingerprint density at radius 2 is 1.76 bits per heavy atom. The van der Waals surface area contributed by atoms with Gasteiger partial charge >= 0.3 is 6.03 Å². The van der Waals surface area contributed by atoms with E-state index >= 15 is 0 Å². The maximum atomic E-state index is 11.7. The first-order chi connectivity index (χ1) is 10.1. The summed E-state index contributed by atoms with van der Waals surface area (Å²) in [6.45, 7) is 4.40. The fourth-order valence-corrected chi connectivity index (χ4v) is 2.10. The summed E-state index contributed by atoms with van der Waals surface area (Å²) in [5, 5.41) is 5.58. The molecular weight excluding hydrogens is 264 g/mol. The van der Waals surface area contributed by atoms with Crippen molar-refractivity contribution in [1.29, 1.82) is 0 Å². The number of Topliss-reactive ketones (excluding diaryl/α,β-unsaturated/α-hetero) is 1. The van der Waals surface area contributed by atoms with Crippen molar-refractivity contribution >= 4 is 17.5 Å². The topological polar surface area (TPSA) is 58.2 Å². The summed E-state index contributed by atoms with van der Waals surface area (Å²) in [5.41, 5.74) is 1.24. The molecule has 2 amide bonds. The number of benzene rings is 1. The molecule has 0 aliphatic rings. The number of ketones is 1. The number of amides is 2. The molecule has 1 aromatic carbocycles. The number of unbranched alkanes of at least 4 members (excludes halogenated alkanes) is 5. The fourth-order valence-electron chi connectivity index (χ4n) is 2.10. The molecule has 0 saturated heterocycles. The van der Waals surface area contributed by atoms with Crippen LogP contribution in [0, 0.1) is 0 Å². The number of rotatable bonds is 9. The highest BCUT2D eigenvalue weighted by molar-refractivity contribution is 5.96. The summed E-state index contributed by atoms with van der Waals surface area (Å²) >= 11 is 0. The summed E-state index contributed by atoms with van der Waals surface area (Å²) < 4.78 is 0. The van der Waals surface area contributed by atoms with Gasteiger partial charge < -0.3 is 10.6 Å². The van der Waals surface area contributed by atoms with Crippen molar-refractivity contribution in [2.24, 2.45) is 0 Å². The lowest BCUT2D eigenvalue weighted by molar-refractivity contribution is 0.101. The van der Waals surface area contributed by atoms with E-state index in [1.165, 1.54) is 32.6 Å². The maximum absolute atomic E-state index is 11.7. The largest absolute Gasteiger partial charge is 0.338 e. The Labute approximate surface area is 127 Å². The maximum Gasteiger partial charge on any atom is 0.319 e. The van der Waals surface area contributed by atoms with Gasteiger partial charge in [-0.05, 0) is 25.5 Å². The van der Waals surface area contributed by atoms with Crippen LogP contribution in [0.3, 0.4) is 0 Å². The summed E-state index contributed by atoms with van der Waals surface area (Å²) in [6.07, 6.45) is 7.21. The van der Waals surface area contributed by atoms with Crippen LogP contribution in [0.2, 0.25) is 0 Å². The number of hydrogen-bond donors (Lipinski definition) is 2. The van der Waals surface area contributed by atoms with Crippen LogP contribution in [0.25, 0.3) is 0 Å². The Balaban J connectivity index is 2.21. The molecule has 0 atom stereocenters. The van der Waals surface area contributed by atoms with Gasteiger partial charge in [-0.1, -0.05) is 51.2 Å². The zero-order valence-corrected chi connectivity index (χ0v) is 13.1. The monoisotopic (exact) mass is 290 g/mol. The lowest BCUT2D eigenvalue weighted by Gasteiger charge is -2.08. The van der Waals surface area contributed by atoms with Crippen LogP contribution in [-0.4, -0.2) is 18.4 Å². The summed E-state index contributed by atoms with van der Waals surface area (Å²) in [7, 11) is 0. The third-order valence-corrected chi connectivity index (χ3v) is 3.34. The molecular formula is C17H26N2O2. The molecule has 116 valence electrons. The minimum absolute atomic E-state index is 0.00821. The van der Waals surface area contributed by atoms with Crippen LogP contribution in [-0.2, 0) is 0 Å². The normalized spacial score (nSPS) is 10.2. The molecule has 0 bridgehead atoms. The smallest absolute Gasteiger partial charge is 0.319 e. The zero-order valence-electron chi connectivity index (χ0n) is 13.1. The van der Waals surface area contributed by atoms with E-state index in [0.717, 1.165) is 12.8 Å². The van der Waals surface area contributed by atoms with Crippen LogP contribution in [0.4, 0.5) is 10.5 Å². The van der Waals surface area contributed by atoms with E-state index < -0.39 is 0 Å². The Kier molecular flexibility index (Phi) is 8.17. The average Bonchev–Trinajstić information content (AvgIpc) is 2.46. The van der Waals surface area contributed by atoms with E-state index in [2.05, 4.69) is 17.6 Å². The van der Waals surface area contributed by atoms with Crippen LogP contribution < -0.4 is 10.6 Å². The van der Waals surface area contributed by atoms with Gasteiger partial charge in [-0.3, -0.25) is 4.79 Å². The van der Waals surface area contributed by atoms with Gasteiger partial charge in [-0.25, -0.2) is 4.79 Å². The van der Waals surface area contributed by atoms with E-state index in [1.807, 2.05) is 0 Å². The van der Waals surface area contributed by atoms with Crippen molar-refractivity contribution in [1.82, 2.24) is 5.32 Å². The zero-order chi connectivity index (χ0) is 15.5. The quantitative estimate of drug-likeness (QED) is 0.524. The predicted octanol–water partition coefficient (Wildman–Crippen LogP) is 4.37. The van der Waals surface area contributed by atoms with Crippen LogP contribution >= 0.6 is 0 Å². The van der Waals surface area contributed by atoms with Gasteiger partial charge in [0.1, 0.15) is 0 Å². The van der Waals surface area contributed by atoms with Crippen molar-refractivity contribution in [2.75, 3.05) is 11.9 Å². The molecule has 0 fully saturated rings. The van der Waals surface area contributed by atoms with Gasteiger partial charge in [0, 0.05) is 17.8 Å². The number of urea groups is 1. The van der Waals surface area contributed by atoms with Gasteiger partial charge in [0.15, 0.2) is 5.78 Å². The number of carbonyl (C=O) groups is 2. The number of anilines is 1. The SMILES string of the molecule is CCCCCCCCNC(=O)Nc1cccc(C(C)=O)c1. The predicted molar refractivity (Wildman–Crippen MR) is 86.8 cm³/mol. The number of nitrogens with one attached hydrogen (secondary N) is 2. The Morgan fingerprint density at radius 1 is 1.05 bits per heavy atom. The van der Waals surface area contributed by atoms with Gasteiger partial charge in [0.05, 0.1) is 0 Å². The van der Waals surface area contributed by atoms with Crippen molar-refractivity contribution in [3.8, 4) is 0 Å². The minimum Gasteiger partial charge on any atom is -0.338 e. The molecule has 0 heterocycles. The fraction of sp³-hybridized carbons (Fsp3) is 0.529. The summed E-state index contributed by atoms with van der Waals surface area (Å²) in [4.78, 5) is 23.0. The standard InChI is InChI=1S/C17H26N2O2/c1-3-4-5-6-7-8-12-18-17(21)19-16-11-9-10-15(13-16)14(2)20/h9-11,13H,3-8,12H2,1-2H3,(H2,18,19,21). The van der Waals surface area contributed by atoms with Gasteiger partial charge in [-0.2, -0.15) is 0 Å². The molecule has 0 saturated carbocycles. The van der Waals surface area contributed by atoms with Crippen LogP contribution in [0.5, 0.6) is 0 Å². The molecule has 1 rings (SSSR count). The summed E-state index contributed by atoms with van der Waals surface area (Å²) in [5.74, 6) is -0.00821. The molecule has 0 radical (unpaired) electrons. The molecule has 1 aromatic rings. The second-order valence-corrected chi connectivity index (χ2v) is 5.29. The molecule has 0 aliphatic heterocycles. The van der Waals surface area contributed by atoms with Gasteiger partial charge in [0.25, 0.3) is 0 Å². The highest BCUT2D eigenvalue weighted by Crippen LogP contribution is 2.11. The second kappa shape index (κ2) is 9.97. The van der Waals surface area contributed by atoms with Gasteiger partial charge in [-0.15, -0.1) is 0 Å². The molecule has 4 nitrogen and oxygen atoms in total. The molecule has 4 heteroatoms. The highest BCUT2D eigenvalue weighted by Gasteiger charge is 2.03. The Hall–Kier alpha value is -1.84. The van der Waals surface area contributed by atoms with Crippen LogP contribution in [0.15, 0.2) is 24.3 Å². The first-order valence-electron chi connectivity index (χ1n) is 7.79. The molecule has 0 spiro atoms. The molecule has 0 aromatic heterocycles. The molecule has 21 heavy (non-hydrogen) atoms. The lowest BCUT2D eigenvalue weighted by Crippen LogP contribution is -2.29. The molecule has 2 N–H and O–H groups in total. The number of carbonyl (C=O) groups excluding carboxylic acids is 2. The first-order valence-corrected chi connectivity index (χ1v) is 7.79. The van der Waals surface area contributed by atoms with Crippen molar-refractivity contribution in [3.63, 3.8) is 0 Å². The average molecular weight is 290 g/mol. The Bertz CT molecular complexity index is 458. The van der Waals surface area contributed by atoms with Crippen molar-refractivity contribution < 1.29 is 9.59 Å². The van der Waals surface area contributed by atoms with E-state index in [1.54, 1.807) is 24.3 Å². The number of hydrogen-bond acceptors (Lipinski definition) is 2. The second-order valence-electron chi connectivity index (χ2n) is 5.29. The van der Waals surface area contributed by atoms with E-state index in [-0.39, 0.29) is 11.8 Å². The van der Waals surface area contributed by atoms with E-state index in [9.17, 15) is 9.59 Å². The van der Waals surface area contributed by atoms with E-state index in [4.69, 9.17) is 0 Å². The Morgan fingerprint density at radius 3 is 2.48 bits per heavy atom. The van der Waals surface area contributed by atoms with Crippen LogP contribution in [0.1, 0.15) is 62.7 Å². The highest BCUT2D eigenvalue weighted by atomic mass is 16.2. The minimum atomic E-state index is -0.218. The molecule has 0 unspecified atom stereocenters. The molecule has 0 aliphatic carbocycles. The first kappa shape index (κ1) is 17.2. The van der Waals surface area contributed by atoms with Gasteiger partial charge in [0.2, 0.25) is 0 Å². The van der Waals surface area contributed by atoms with E-state index in [0.29, 0.717) is 17.8 Å². The third kappa shape index (κ3) is 7.49. The van der Waals surface area contributed by atoms with Crippen molar-refractivity contribution in [3.05, 3.63) is 29.8 Å². The lowest BCUT2D eigenvalue weighted by atomic mass is 10.1. The third-order valence-electron chi connectivity index (χ3n) is 3.34. The summed E-state index contributed by atoms with van der Waals surface area (Å²) in [6, 6.07) is 6.75. The van der Waals surface area contributed by atoms with Crippen molar-refractivity contribution in [2.45, 2.75) is 52.4 Å².